The Morgan fingerprint density at radius 2 is 1.41 bits per heavy atom. The Kier molecular flexibility index (Phi) is 10.9. The number of ether oxygens (including phenoxy) is 1. The van der Waals surface area contributed by atoms with Crippen molar-refractivity contribution in [1.82, 2.24) is 20.6 Å². The molecular formula is C22H13Cl7N4O3S. The normalized spacial score (nSPS) is 11.9. The Bertz CT molecular complexity index is 1300. The van der Waals surface area contributed by atoms with Crippen molar-refractivity contribution in [3.8, 4) is 5.88 Å². The molecule has 0 saturated heterocycles. The standard InChI is InChI=1S/C22H13Cl7N4O3S/c23-13-5-1-11(2-6-13)17(34)32-19(16(25)26)37-21-30-10-9-15(31-21)36-20(22(27,28)29)33-18(35)12-3-7-14(24)8-4-12/h1-10,20H,(H,32,34)(H,33,35). The summed E-state index contributed by atoms with van der Waals surface area (Å²) in [5, 5.41) is 6.11. The van der Waals surface area contributed by atoms with Crippen molar-refractivity contribution in [1.29, 1.82) is 0 Å². The fraction of sp³-hybridized carbons (Fsp3) is 0.0909. The second-order valence-electron chi connectivity index (χ2n) is 6.85. The summed E-state index contributed by atoms with van der Waals surface area (Å²) < 4.78 is 3.33. The van der Waals surface area contributed by atoms with Crippen LogP contribution in [0.25, 0.3) is 0 Å². The fourth-order valence-corrected chi connectivity index (χ4v) is 4.05. The summed E-state index contributed by atoms with van der Waals surface area (Å²) >= 11 is 42.5. The highest BCUT2D eigenvalue weighted by molar-refractivity contribution is 8.03. The van der Waals surface area contributed by atoms with Crippen LogP contribution in [-0.4, -0.2) is 31.8 Å². The summed E-state index contributed by atoms with van der Waals surface area (Å²) in [6.45, 7) is 0. The smallest absolute Gasteiger partial charge is 0.256 e. The molecule has 0 radical (unpaired) electrons. The van der Waals surface area contributed by atoms with Gasteiger partial charge < -0.3 is 15.4 Å². The Morgan fingerprint density at radius 3 is 1.92 bits per heavy atom. The van der Waals surface area contributed by atoms with Gasteiger partial charge in [0.15, 0.2) is 5.16 Å². The maximum Gasteiger partial charge on any atom is 0.256 e. The molecule has 0 aliphatic rings. The maximum atomic E-state index is 12.6. The van der Waals surface area contributed by atoms with Gasteiger partial charge in [0, 0.05) is 33.4 Å². The summed E-state index contributed by atoms with van der Waals surface area (Å²) in [6, 6.07) is 13.6. The van der Waals surface area contributed by atoms with E-state index in [4.69, 9.17) is 85.9 Å². The molecule has 194 valence electrons. The molecule has 0 spiro atoms. The number of halogens is 7. The van der Waals surface area contributed by atoms with E-state index in [9.17, 15) is 9.59 Å². The fourth-order valence-electron chi connectivity index (χ4n) is 2.52. The molecule has 2 N–H and O–H groups in total. The van der Waals surface area contributed by atoms with Crippen LogP contribution < -0.4 is 15.4 Å². The van der Waals surface area contributed by atoms with Crippen LogP contribution in [0.3, 0.4) is 0 Å². The lowest BCUT2D eigenvalue weighted by Crippen LogP contribution is -2.48. The Labute approximate surface area is 250 Å². The van der Waals surface area contributed by atoms with Crippen LogP contribution in [0.2, 0.25) is 10.0 Å². The number of nitrogens with zero attached hydrogens (tertiary/aromatic N) is 2. The van der Waals surface area contributed by atoms with Crippen molar-refractivity contribution in [2.24, 2.45) is 0 Å². The Morgan fingerprint density at radius 1 is 0.865 bits per heavy atom. The first-order valence-corrected chi connectivity index (χ1v) is 13.3. The Hall–Kier alpha value is -1.62. The number of nitrogens with one attached hydrogen (secondary N) is 2. The van der Waals surface area contributed by atoms with E-state index in [0.717, 1.165) is 11.8 Å². The van der Waals surface area contributed by atoms with Gasteiger partial charge in [0.2, 0.25) is 15.9 Å². The summed E-state index contributed by atoms with van der Waals surface area (Å²) in [7, 11) is 0. The lowest BCUT2D eigenvalue weighted by atomic mass is 10.2. The summed E-state index contributed by atoms with van der Waals surface area (Å²) in [6.07, 6.45) is -0.0910. The van der Waals surface area contributed by atoms with Crippen LogP contribution in [-0.2, 0) is 0 Å². The number of carbonyl (C=O) groups excluding carboxylic acids is 2. The lowest BCUT2D eigenvalue weighted by Gasteiger charge is -2.25. The molecule has 0 saturated carbocycles. The highest BCUT2D eigenvalue weighted by Crippen LogP contribution is 2.33. The van der Waals surface area contributed by atoms with Gasteiger partial charge in [0.1, 0.15) is 9.52 Å². The molecule has 7 nitrogen and oxygen atoms in total. The number of rotatable bonds is 8. The number of alkyl halides is 3. The summed E-state index contributed by atoms with van der Waals surface area (Å²) in [5.41, 5.74) is 0.575. The molecule has 37 heavy (non-hydrogen) atoms. The molecule has 15 heteroatoms. The van der Waals surface area contributed by atoms with E-state index in [1.54, 1.807) is 12.1 Å². The molecule has 2 amide bonds. The zero-order valence-electron chi connectivity index (χ0n) is 18.0. The number of hydrogen-bond acceptors (Lipinski definition) is 6. The van der Waals surface area contributed by atoms with Gasteiger partial charge >= 0.3 is 0 Å². The third-order valence-corrected chi connectivity index (χ3v) is 6.80. The van der Waals surface area contributed by atoms with Crippen molar-refractivity contribution in [2.75, 3.05) is 0 Å². The minimum atomic E-state index is -2.07. The molecule has 0 fully saturated rings. The van der Waals surface area contributed by atoms with E-state index < -0.39 is 21.8 Å². The van der Waals surface area contributed by atoms with E-state index in [0.29, 0.717) is 15.6 Å². The Balaban J connectivity index is 1.74. The molecule has 3 rings (SSSR count). The zero-order valence-corrected chi connectivity index (χ0v) is 24.1. The van der Waals surface area contributed by atoms with Crippen molar-refractivity contribution in [3.63, 3.8) is 0 Å². The molecule has 0 bridgehead atoms. The zero-order chi connectivity index (χ0) is 27.2. The first kappa shape index (κ1) is 29.9. The van der Waals surface area contributed by atoms with E-state index in [1.165, 1.54) is 48.7 Å². The highest BCUT2D eigenvalue weighted by atomic mass is 35.6. The van der Waals surface area contributed by atoms with Crippen LogP contribution >= 0.6 is 93.0 Å². The molecule has 1 heterocycles. The predicted octanol–water partition coefficient (Wildman–Crippen LogP) is 7.41. The number of thioether (sulfide) groups is 1. The van der Waals surface area contributed by atoms with E-state index in [2.05, 4.69) is 20.6 Å². The number of hydrogen-bond donors (Lipinski definition) is 2. The predicted molar refractivity (Wildman–Crippen MR) is 149 cm³/mol. The third-order valence-electron chi connectivity index (χ3n) is 4.21. The van der Waals surface area contributed by atoms with Crippen molar-refractivity contribution in [3.05, 3.63) is 91.5 Å². The van der Waals surface area contributed by atoms with Crippen molar-refractivity contribution >= 4 is 105 Å². The van der Waals surface area contributed by atoms with Gasteiger partial charge in [0.25, 0.3) is 11.8 Å². The van der Waals surface area contributed by atoms with Gasteiger partial charge in [-0.25, -0.2) is 4.98 Å². The number of carbonyl (C=O) groups is 2. The van der Waals surface area contributed by atoms with Crippen LogP contribution in [0.1, 0.15) is 20.7 Å². The van der Waals surface area contributed by atoms with E-state index in [-0.39, 0.29) is 26.1 Å². The summed E-state index contributed by atoms with van der Waals surface area (Å²) in [5.74, 6) is -1.13. The number of aromatic nitrogens is 2. The molecule has 1 atom stereocenters. The van der Waals surface area contributed by atoms with Crippen molar-refractivity contribution < 1.29 is 14.3 Å². The second kappa shape index (κ2) is 13.4. The SMILES string of the molecule is O=C(NC(Sc1nccc(OC(NC(=O)c2ccc(Cl)cc2)C(Cl)(Cl)Cl)n1)=C(Cl)Cl)c1ccc(Cl)cc1. The van der Waals surface area contributed by atoms with Gasteiger partial charge in [-0.2, -0.15) is 4.98 Å². The van der Waals surface area contributed by atoms with Crippen LogP contribution in [0.15, 0.2) is 75.5 Å². The van der Waals surface area contributed by atoms with Crippen LogP contribution in [0.5, 0.6) is 5.88 Å². The van der Waals surface area contributed by atoms with Gasteiger partial charge in [-0.3, -0.25) is 9.59 Å². The van der Waals surface area contributed by atoms with Crippen LogP contribution in [0.4, 0.5) is 0 Å². The third kappa shape index (κ3) is 9.26. The van der Waals surface area contributed by atoms with Gasteiger partial charge in [-0.1, -0.05) is 81.2 Å². The van der Waals surface area contributed by atoms with Gasteiger partial charge in [-0.05, 0) is 60.3 Å². The topological polar surface area (TPSA) is 93.2 Å². The molecular weight excluding hydrogens is 649 g/mol. The van der Waals surface area contributed by atoms with Crippen molar-refractivity contribution in [2.45, 2.75) is 15.2 Å². The van der Waals surface area contributed by atoms with E-state index >= 15 is 0 Å². The number of amides is 2. The second-order valence-corrected chi connectivity index (χ2v) is 12.0. The van der Waals surface area contributed by atoms with E-state index in [1.807, 2.05) is 0 Å². The summed E-state index contributed by atoms with van der Waals surface area (Å²) in [4.78, 5) is 33.4. The first-order chi connectivity index (χ1) is 17.4. The van der Waals surface area contributed by atoms with Gasteiger partial charge in [-0.15, -0.1) is 0 Å². The molecule has 3 aromatic rings. The van der Waals surface area contributed by atoms with Gasteiger partial charge in [0.05, 0.1) is 0 Å². The highest BCUT2D eigenvalue weighted by Gasteiger charge is 2.37. The lowest BCUT2D eigenvalue weighted by molar-refractivity contribution is 0.0824. The average Bonchev–Trinajstić information content (AvgIpc) is 2.83. The molecule has 2 aromatic carbocycles. The largest absolute Gasteiger partial charge is 0.449 e. The quantitative estimate of drug-likeness (QED) is 0.113. The first-order valence-electron chi connectivity index (χ1n) is 9.85. The molecule has 1 unspecified atom stereocenters. The number of benzene rings is 2. The maximum absolute atomic E-state index is 12.6. The van der Waals surface area contributed by atoms with Crippen LogP contribution in [0, 0.1) is 0 Å². The minimum Gasteiger partial charge on any atom is -0.449 e. The molecule has 0 aliphatic heterocycles. The molecule has 1 aromatic heterocycles. The monoisotopic (exact) mass is 658 g/mol. The minimum absolute atomic E-state index is 0.0504. The average molecular weight is 662 g/mol. The molecule has 0 aliphatic carbocycles.